The SMILES string of the molecule is CCn1nccc1CN1CCNCC1c1ccncc1.Cl. The fourth-order valence-corrected chi connectivity index (χ4v) is 2.84. The van der Waals surface area contributed by atoms with Crippen LogP contribution in [0, 0.1) is 0 Å². The molecule has 5 nitrogen and oxygen atoms in total. The van der Waals surface area contributed by atoms with E-state index in [9.17, 15) is 0 Å². The summed E-state index contributed by atoms with van der Waals surface area (Å²) in [5.41, 5.74) is 2.61. The van der Waals surface area contributed by atoms with E-state index in [1.54, 1.807) is 0 Å². The highest BCUT2D eigenvalue weighted by atomic mass is 35.5. The van der Waals surface area contributed by atoms with E-state index >= 15 is 0 Å². The molecule has 6 heteroatoms. The smallest absolute Gasteiger partial charge is 0.0524 e. The van der Waals surface area contributed by atoms with Crippen molar-refractivity contribution in [3.05, 3.63) is 48.0 Å². The van der Waals surface area contributed by atoms with Gasteiger partial charge in [0.05, 0.1) is 5.69 Å². The summed E-state index contributed by atoms with van der Waals surface area (Å²) in [6.07, 6.45) is 5.64. The first-order valence-corrected chi connectivity index (χ1v) is 7.24. The molecule has 1 aliphatic rings. The van der Waals surface area contributed by atoms with Crippen molar-refractivity contribution in [2.75, 3.05) is 19.6 Å². The van der Waals surface area contributed by atoms with Crippen LogP contribution < -0.4 is 5.32 Å². The third kappa shape index (κ3) is 3.61. The summed E-state index contributed by atoms with van der Waals surface area (Å²) in [5, 5.41) is 7.85. The lowest BCUT2D eigenvalue weighted by atomic mass is 10.0. The second-order valence-corrected chi connectivity index (χ2v) is 5.11. The molecule has 0 amide bonds. The van der Waals surface area contributed by atoms with E-state index in [0.717, 1.165) is 32.7 Å². The molecule has 3 heterocycles. The van der Waals surface area contributed by atoms with Gasteiger partial charge in [-0.2, -0.15) is 5.10 Å². The molecule has 0 aliphatic carbocycles. The number of piperazine rings is 1. The summed E-state index contributed by atoms with van der Waals surface area (Å²) in [5.74, 6) is 0. The van der Waals surface area contributed by atoms with Crippen molar-refractivity contribution in [1.29, 1.82) is 0 Å². The molecule has 1 N–H and O–H groups in total. The van der Waals surface area contributed by atoms with Gasteiger partial charge in [0.15, 0.2) is 0 Å². The number of aromatic nitrogens is 3. The Morgan fingerprint density at radius 3 is 2.81 bits per heavy atom. The molecule has 1 fully saturated rings. The highest BCUT2D eigenvalue weighted by molar-refractivity contribution is 5.85. The summed E-state index contributed by atoms with van der Waals surface area (Å²) in [6.45, 7) is 7.10. The van der Waals surface area contributed by atoms with Crippen LogP contribution in [0.15, 0.2) is 36.8 Å². The average Bonchev–Trinajstić information content (AvgIpc) is 2.96. The van der Waals surface area contributed by atoms with Crippen molar-refractivity contribution >= 4 is 12.4 Å². The van der Waals surface area contributed by atoms with E-state index in [-0.39, 0.29) is 12.4 Å². The first-order chi connectivity index (χ1) is 9.88. The molecule has 1 saturated heterocycles. The van der Waals surface area contributed by atoms with Crippen molar-refractivity contribution in [2.45, 2.75) is 26.1 Å². The molecule has 0 spiro atoms. The number of pyridine rings is 1. The molecule has 0 bridgehead atoms. The first-order valence-electron chi connectivity index (χ1n) is 7.24. The number of hydrogen-bond donors (Lipinski definition) is 1. The molecular weight excluding hydrogens is 286 g/mol. The topological polar surface area (TPSA) is 46.0 Å². The van der Waals surface area contributed by atoms with Gasteiger partial charge in [0.1, 0.15) is 0 Å². The van der Waals surface area contributed by atoms with Gasteiger partial charge in [0, 0.05) is 57.4 Å². The fourth-order valence-electron chi connectivity index (χ4n) is 2.84. The van der Waals surface area contributed by atoms with Gasteiger partial charge in [0.25, 0.3) is 0 Å². The lowest BCUT2D eigenvalue weighted by molar-refractivity contribution is 0.149. The lowest BCUT2D eigenvalue weighted by Crippen LogP contribution is -2.45. The minimum atomic E-state index is 0. The van der Waals surface area contributed by atoms with E-state index in [2.05, 4.69) is 50.1 Å². The normalized spacial score (nSPS) is 19.2. The zero-order valence-corrected chi connectivity index (χ0v) is 13.1. The van der Waals surface area contributed by atoms with Crippen LogP contribution in [0.1, 0.15) is 24.2 Å². The zero-order valence-electron chi connectivity index (χ0n) is 12.3. The van der Waals surface area contributed by atoms with Gasteiger partial charge >= 0.3 is 0 Å². The third-order valence-electron chi connectivity index (χ3n) is 3.91. The molecule has 0 radical (unpaired) electrons. The van der Waals surface area contributed by atoms with Crippen LogP contribution in [-0.4, -0.2) is 39.3 Å². The van der Waals surface area contributed by atoms with Crippen molar-refractivity contribution in [1.82, 2.24) is 25.0 Å². The summed E-state index contributed by atoms with van der Waals surface area (Å²) < 4.78 is 2.08. The van der Waals surface area contributed by atoms with E-state index in [0.29, 0.717) is 6.04 Å². The minimum absolute atomic E-state index is 0. The molecule has 21 heavy (non-hydrogen) atoms. The summed E-state index contributed by atoms with van der Waals surface area (Å²) in [7, 11) is 0. The second-order valence-electron chi connectivity index (χ2n) is 5.11. The summed E-state index contributed by atoms with van der Waals surface area (Å²) >= 11 is 0. The highest BCUT2D eigenvalue weighted by Gasteiger charge is 2.24. The number of nitrogens with zero attached hydrogens (tertiary/aromatic N) is 4. The van der Waals surface area contributed by atoms with Gasteiger partial charge < -0.3 is 5.32 Å². The molecule has 0 saturated carbocycles. The Morgan fingerprint density at radius 1 is 1.24 bits per heavy atom. The monoisotopic (exact) mass is 307 g/mol. The minimum Gasteiger partial charge on any atom is -0.314 e. The van der Waals surface area contributed by atoms with Gasteiger partial charge in [-0.3, -0.25) is 14.6 Å². The summed E-state index contributed by atoms with van der Waals surface area (Å²) in [6, 6.07) is 6.76. The molecule has 0 aromatic carbocycles. The average molecular weight is 308 g/mol. The van der Waals surface area contributed by atoms with Crippen LogP contribution in [0.25, 0.3) is 0 Å². The van der Waals surface area contributed by atoms with Crippen LogP contribution in [0.3, 0.4) is 0 Å². The lowest BCUT2D eigenvalue weighted by Gasteiger charge is -2.36. The van der Waals surface area contributed by atoms with Gasteiger partial charge in [-0.15, -0.1) is 12.4 Å². The van der Waals surface area contributed by atoms with Gasteiger partial charge in [-0.05, 0) is 30.7 Å². The number of aryl methyl sites for hydroxylation is 1. The number of halogens is 1. The standard InChI is InChI=1S/C15H21N5.ClH/c1-2-20-14(5-8-18-20)12-19-10-9-17-11-15(19)13-3-6-16-7-4-13;/h3-8,15,17H,2,9-12H2,1H3;1H. The highest BCUT2D eigenvalue weighted by Crippen LogP contribution is 2.23. The molecule has 1 atom stereocenters. The Kier molecular flexibility index (Phi) is 5.73. The molecule has 114 valence electrons. The van der Waals surface area contributed by atoms with Crippen molar-refractivity contribution in [3.8, 4) is 0 Å². The van der Waals surface area contributed by atoms with Crippen LogP contribution in [0.5, 0.6) is 0 Å². The van der Waals surface area contributed by atoms with E-state index < -0.39 is 0 Å². The Balaban J connectivity index is 0.00000161. The van der Waals surface area contributed by atoms with E-state index in [1.807, 2.05) is 18.6 Å². The number of rotatable bonds is 4. The van der Waals surface area contributed by atoms with Crippen LogP contribution in [-0.2, 0) is 13.1 Å². The Morgan fingerprint density at radius 2 is 2.05 bits per heavy atom. The van der Waals surface area contributed by atoms with Gasteiger partial charge in [0.2, 0.25) is 0 Å². The van der Waals surface area contributed by atoms with Gasteiger partial charge in [-0.1, -0.05) is 0 Å². The number of hydrogen-bond acceptors (Lipinski definition) is 4. The van der Waals surface area contributed by atoms with Crippen molar-refractivity contribution in [3.63, 3.8) is 0 Å². The molecule has 2 aromatic heterocycles. The van der Waals surface area contributed by atoms with Gasteiger partial charge in [-0.25, -0.2) is 0 Å². The van der Waals surface area contributed by atoms with Crippen molar-refractivity contribution in [2.24, 2.45) is 0 Å². The molecule has 3 rings (SSSR count). The number of nitrogens with one attached hydrogen (secondary N) is 1. The quantitative estimate of drug-likeness (QED) is 0.936. The molecule has 2 aromatic rings. The predicted octanol–water partition coefficient (Wildman–Crippen LogP) is 1.87. The van der Waals surface area contributed by atoms with Crippen LogP contribution in [0.4, 0.5) is 0 Å². The molecule has 1 aliphatic heterocycles. The molecule has 1 unspecified atom stereocenters. The first kappa shape index (κ1) is 15.9. The maximum atomic E-state index is 4.36. The Hall–Kier alpha value is -1.43. The Bertz CT molecular complexity index is 542. The Labute approximate surface area is 131 Å². The maximum absolute atomic E-state index is 4.36. The van der Waals surface area contributed by atoms with E-state index in [1.165, 1.54) is 11.3 Å². The maximum Gasteiger partial charge on any atom is 0.0524 e. The molecular formula is C15H22ClN5. The fraction of sp³-hybridized carbons (Fsp3) is 0.467. The third-order valence-corrected chi connectivity index (χ3v) is 3.91. The largest absolute Gasteiger partial charge is 0.314 e. The van der Waals surface area contributed by atoms with E-state index in [4.69, 9.17) is 0 Å². The summed E-state index contributed by atoms with van der Waals surface area (Å²) in [4.78, 5) is 6.64. The second kappa shape index (κ2) is 7.54. The van der Waals surface area contributed by atoms with Crippen molar-refractivity contribution < 1.29 is 0 Å². The zero-order chi connectivity index (χ0) is 13.8. The van der Waals surface area contributed by atoms with Crippen LogP contribution in [0.2, 0.25) is 0 Å². The van der Waals surface area contributed by atoms with Crippen LogP contribution >= 0.6 is 12.4 Å². The predicted molar refractivity (Wildman–Crippen MR) is 85.4 cm³/mol.